The fourth-order valence-corrected chi connectivity index (χ4v) is 7.00. The zero-order chi connectivity index (χ0) is 32.9. The molecule has 0 aliphatic carbocycles. The number of halogens is 2. The maximum atomic E-state index is 6.35. The number of aromatic nitrogens is 3. The van der Waals surface area contributed by atoms with Crippen LogP contribution >= 0.6 is 23.2 Å². The molecule has 4 heterocycles. The average Bonchev–Trinajstić information content (AvgIpc) is 3.11. The molecule has 7 rings (SSSR count). The van der Waals surface area contributed by atoms with Crippen molar-refractivity contribution in [1.82, 2.24) is 24.8 Å². The Morgan fingerprint density at radius 2 is 1.42 bits per heavy atom. The number of hydrogen-bond acceptors (Lipinski definition) is 8. The van der Waals surface area contributed by atoms with Crippen molar-refractivity contribution in [3.8, 4) is 5.75 Å². The first-order valence-corrected chi connectivity index (χ1v) is 17.3. The van der Waals surface area contributed by atoms with E-state index in [4.69, 9.17) is 32.9 Å². The highest BCUT2D eigenvalue weighted by atomic mass is 35.5. The monoisotopic (exact) mass is 679 g/mol. The number of ether oxygens (including phenoxy) is 1. The van der Waals surface area contributed by atoms with Gasteiger partial charge >= 0.3 is 0 Å². The normalized spacial score (nSPS) is 14.1. The zero-order valence-corrected chi connectivity index (χ0v) is 28.6. The maximum absolute atomic E-state index is 6.35. The molecule has 0 atom stereocenters. The number of rotatable bonds is 12. The summed E-state index contributed by atoms with van der Waals surface area (Å²) < 4.78 is 5.73. The molecule has 0 bridgehead atoms. The number of nitrogens with one attached hydrogen (secondary N) is 1. The van der Waals surface area contributed by atoms with E-state index in [0.717, 1.165) is 121 Å². The van der Waals surface area contributed by atoms with Crippen LogP contribution in [-0.2, 0) is 0 Å². The molecule has 0 radical (unpaired) electrons. The molecule has 0 unspecified atom stereocenters. The Kier molecular flexibility index (Phi) is 10.0. The lowest BCUT2D eigenvalue weighted by Crippen LogP contribution is -2.47. The summed E-state index contributed by atoms with van der Waals surface area (Å²) >= 11 is 12.5. The van der Waals surface area contributed by atoms with Crippen LogP contribution in [0.1, 0.15) is 12.8 Å². The summed E-state index contributed by atoms with van der Waals surface area (Å²) in [5.74, 6) is 0.808. The van der Waals surface area contributed by atoms with Gasteiger partial charge in [-0.25, -0.2) is 0 Å². The summed E-state index contributed by atoms with van der Waals surface area (Å²) in [6, 6.07) is 24.1. The molecule has 10 heteroatoms. The Hall–Kier alpha value is -4.21. The highest BCUT2D eigenvalue weighted by Gasteiger charge is 2.20. The second-order valence-corrected chi connectivity index (χ2v) is 13.1. The summed E-state index contributed by atoms with van der Waals surface area (Å²) in [6.07, 6.45) is 7.64. The molecule has 0 amide bonds. The lowest BCUT2D eigenvalue weighted by atomic mass is 10.1. The van der Waals surface area contributed by atoms with Crippen LogP contribution in [0.2, 0.25) is 10.0 Å². The second-order valence-electron chi connectivity index (χ2n) is 12.2. The maximum Gasteiger partial charge on any atom is 0.121 e. The summed E-state index contributed by atoms with van der Waals surface area (Å²) in [7, 11) is 1.71. The molecule has 3 aromatic heterocycles. The lowest BCUT2D eigenvalue weighted by molar-refractivity contribution is 0.132. The predicted octanol–water partition coefficient (Wildman–Crippen LogP) is 8.29. The molecule has 1 N–H and O–H groups in total. The Bertz CT molecular complexity index is 2030. The lowest BCUT2D eigenvalue weighted by Gasteiger charge is -2.35. The van der Waals surface area contributed by atoms with Crippen LogP contribution in [0.4, 0.5) is 17.1 Å². The van der Waals surface area contributed by atoms with Gasteiger partial charge < -0.3 is 24.8 Å². The van der Waals surface area contributed by atoms with Crippen molar-refractivity contribution in [2.24, 2.45) is 0 Å². The van der Waals surface area contributed by atoms with Gasteiger partial charge in [0.25, 0.3) is 0 Å². The Balaban J connectivity index is 0.978. The van der Waals surface area contributed by atoms with E-state index in [1.807, 2.05) is 67.1 Å². The number of anilines is 3. The number of fused-ring (bicyclic) bond motifs is 3. The molecule has 3 aromatic carbocycles. The van der Waals surface area contributed by atoms with Crippen LogP contribution in [0, 0.1) is 0 Å². The standard InChI is InChI=1S/C38H39Cl2N7O/c1-48-30-23-27-5-2-12-44-38(27)37(26-30)47(36-11-15-43-35-25-29(40)7-9-32(35)36)18-4-17-46-21-19-45(20-22-46)16-3-13-41-33-10-14-42-34-24-28(39)6-8-31(33)34/h2,5-12,14-15,23-26H,3-4,13,16-22H2,1H3,(H,41,42). The Morgan fingerprint density at radius 3 is 2.17 bits per heavy atom. The molecular formula is C38H39Cl2N7O. The average molecular weight is 681 g/mol. The summed E-state index contributed by atoms with van der Waals surface area (Å²) in [5.41, 5.74) is 5.95. The van der Waals surface area contributed by atoms with Gasteiger partial charge in [-0.3, -0.25) is 15.0 Å². The van der Waals surface area contributed by atoms with Crippen LogP contribution in [-0.4, -0.2) is 84.2 Å². The third-order valence-corrected chi connectivity index (χ3v) is 9.62. The predicted molar refractivity (Wildman–Crippen MR) is 199 cm³/mol. The van der Waals surface area contributed by atoms with E-state index in [-0.39, 0.29) is 0 Å². The van der Waals surface area contributed by atoms with Gasteiger partial charge in [-0.05, 0) is 86.6 Å². The van der Waals surface area contributed by atoms with Crippen molar-refractivity contribution < 1.29 is 4.74 Å². The minimum atomic E-state index is 0.677. The van der Waals surface area contributed by atoms with Gasteiger partial charge in [-0.1, -0.05) is 29.3 Å². The zero-order valence-electron chi connectivity index (χ0n) is 27.1. The highest BCUT2D eigenvalue weighted by Crippen LogP contribution is 2.38. The van der Waals surface area contributed by atoms with Gasteiger partial charge in [-0.2, -0.15) is 0 Å². The molecule has 1 aliphatic rings. The third-order valence-electron chi connectivity index (χ3n) is 9.15. The van der Waals surface area contributed by atoms with E-state index in [9.17, 15) is 0 Å². The van der Waals surface area contributed by atoms with Crippen molar-refractivity contribution in [1.29, 1.82) is 0 Å². The topological polar surface area (TPSA) is 69.7 Å². The van der Waals surface area contributed by atoms with Gasteiger partial charge in [0, 0.05) is 95.8 Å². The van der Waals surface area contributed by atoms with Crippen molar-refractivity contribution >= 4 is 73.0 Å². The molecule has 6 aromatic rings. The fraction of sp³-hybridized carbons (Fsp3) is 0.289. The minimum Gasteiger partial charge on any atom is -0.497 e. The van der Waals surface area contributed by atoms with E-state index in [1.54, 1.807) is 7.11 Å². The molecular weight excluding hydrogens is 641 g/mol. The first kappa shape index (κ1) is 32.3. The number of nitrogens with zero attached hydrogens (tertiary/aromatic N) is 6. The molecule has 246 valence electrons. The van der Waals surface area contributed by atoms with Crippen LogP contribution in [0.3, 0.4) is 0 Å². The summed E-state index contributed by atoms with van der Waals surface area (Å²) in [6.45, 7) is 8.16. The quantitative estimate of drug-likeness (QED) is 0.130. The largest absolute Gasteiger partial charge is 0.497 e. The van der Waals surface area contributed by atoms with Gasteiger partial charge in [0.2, 0.25) is 0 Å². The number of hydrogen-bond donors (Lipinski definition) is 1. The molecule has 1 saturated heterocycles. The molecule has 1 aliphatic heterocycles. The van der Waals surface area contributed by atoms with E-state index in [0.29, 0.717) is 10.0 Å². The number of benzene rings is 3. The Labute approximate surface area is 291 Å². The van der Waals surface area contributed by atoms with Gasteiger partial charge in [0.05, 0.1) is 35.0 Å². The summed E-state index contributed by atoms with van der Waals surface area (Å²) in [5, 5.41) is 8.19. The molecule has 1 fully saturated rings. The number of pyridine rings is 3. The van der Waals surface area contributed by atoms with Crippen molar-refractivity contribution in [2.45, 2.75) is 12.8 Å². The highest BCUT2D eigenvalue weighted by molar-refractivity contribution is 6.31. The molecule has 8 nitrogen and oxygen atoms in total. The SMILES string of the molecule is COc1cc(N(CCCN2CCN(CCCNc3ccnc4cc(Cl)ccc34)CC2)c2ccnc3cc(Cl)ccc23)c2ncccc2c1. The van der Waals surface area contributed by atoms with Crippen LogP contribution in [0.25, 0.3) is 32.7 Å². The first-order valence-electron chi connectivity index (χ1n) is 16.5. The van der Waals surface area contributed by atoms with Crippen molar-refractivity contribution in [3.05, 3.63) is 101 Å². The first-order chi connectivity index (χ1) is 23.6. The number of methoxy groups -OCH3 is 1. The number of piperazine rings is 1. The fourth-order valence-electron chi connectivity index (χ4n) is 6.67. The van der Waals surface area contributed by atoms with E-state index in [1.165, 1.54) is 0 Å². The van der Waals surface area contributed by atoms with Gasteiger partial charge in [-0.15, -0.1) is 0 Å². The van der Waals surface area contributed by atoms with E-state index in [2.05, 4.69) is 54.2 Å². The molecule has 0 saturated carbocycles. The van der Waals surface area contributed by atoms with Crippen molar-refractivity contribution in [2.75, 3.05) is 69.7 Å². The summed E-state index contributed by atoms with van der Waals surface area (Å²) in [4.78, 5) is 21.4. The van der Waals surface area contributed by atoms with E-state index >= 15 is 0 Å². The van der Waals surface area contributed by atoms with Crippen LogP contribution in [0.15, 0.2) is 91.4 Å². The minimum absolute atomic E-state index is 0.677. The van der Waals surface area contributed by atoms with Crippen LogP contribution < -0.4 is 15.0 Å². The molecule has 48 heavy (non-hydrogen) atoms. The van der Waals surface area contributed by atoms with Crippen molar-refractivity contribution in [3.63, 3.8) is 0 Å². The third kappa shape index (κ3) is 7.27. The van der Waals surface area contributed by atoms with Gasteiger partial charge in [0.1, 0.15) is 5.75 Å². The molecule has 0 spiro atoms. The van der Waals surface area contributed by atoms with E-state index < -0.39 is 0 Å². The smallest absolute Gasteiger partial charge is 0.121 e. The van der Waals surface area contributed by atoms with Crippen LogP contribution in [0.5, 0.6) is 5.75 Å². The Morgan fingerprint density at radius 1 is 0.729 bits per heavy atom. The second kappa shape index (κ2) is 14.9. The van der Waals surface area contributed by atoms with Gasteiger partial charge in [0.15, 0.2) is 0 Å².